The molecule has 3 nitrogen and oxygen atoms in total. The fraction of sp³-hybridized carbons (Fsp3) is 0.294. The maximum atomic E-state index is 5.84. The summed E-state index contributed by atoms with van der Waals surface area (Å²) < 4.78 is 11.2. The lowest BCUT2D eigenvalue weighted by Crippen LogP contribution is -1.97. The molecule has 0 atom stereocenters. The normalized spacial score (nSPS) is 9.86. The van der Waals surface area contributed by atoms with E-state index in [1.54, 1.807) is 18.4 Å². The largest absolute Gasteiger partial charge is 0.493 e. The van der Waals surface area contributed by atoms with E-state index in [1.165, 1.54) is 5.56 Å². The van der Waals surface area contributed by atoms with Gasteiger partial charge in [-0.15, -0.1) is 11.3 Å². The molecule has 0 fully saturated rings. The highest BCUT2D eigenvalue weighted by molar-refractivity contribution is 7.10. The standard InChI is InChI=1S/C17H19NO2S/c1-3-13-6-7-16(17(10-13)19-2)20-11-15-9-14(12-21-15)5-4-8-18/h6-7,9-10,12H,3,8,11,18H2,1-2H3. The van der Waals surface area contributed by atoms with Gasteiger partial charge in [0.15, 0.2) is 11.5 Å². The third kappa shape index (κ3) is 4.25. The summed E-state index contributed by atoms with van der Waals surface area (Å²) in [5, 5.41) is 2.01. The lowest BCUT2D eigenvalue weighted by molar-refractivity contribution is 0.287. The number of methoxy groups -OCH3 is 1. The Labute approximate surface area is 129 Å². The van der Waals surface area contributed by atoms with Crippen LogP contribution in [-0.2, 0) is 13.0 Å². The zero-order valence-corrected chi connectivity index (χ0v) is 13.1. The summed E-state index contributed by atoms with van der Waals surface area (Å²) >= 11 is 1.63. The molecular weight excluding hydrogens is 282 g/mol. The Balaban J connectivity index is 2.04. The van der Waals surface area contributed by atoms with E-state index in [-0.39, 0.29) is 0 Å². The molecule has 0 amide bonds. The molecular formula is C17H19NO2S. The van der Waals surface area contributed by atoms with Crippen molar-refractivity contribution in [1.82, 2.24) is 0 Å². The van der Waals surface area contributed by atoms with Crippen molar-refractivity contribution >= 4 is 11.3 Å². The lowest BCUT2D eigenvalue weighted by Gasteiger charge is -2.11. The van der Waals surface area contributed by atoms with Crippen LogP contribution in [0.1, 0.15) is 22.9 Å². The fourth-order valence-corrected chi connectivity index (χ4v) is 2.60. The summed E-state index contributed by atoms with van der Waals surface area (Å²) in [7, 11) is 1.66. The Morgan fingerprint density at radius 2 is 2.10 bits per heavy atom. The van der Waals surface area contributed by atoms with Crippen LogP contribution >= 0.6 is 11.3 Å². The first-order valence-electron chi connectivity index (χ1n) is 6.83. The average Bonchev–Trinajstić information content (AvgIpc) is 2.98. The van der Waals surface area contributed by atoms with Gasteiger partial charge in [-0.05, 0) is 30.2 Å². The minimum Gasteiger partial charge on any atom is -0.493 e. The summed E-state index contributed by atoms with van der Waals surface area (Å²) in [5.74, 6) is 7.40. The molecule has 0 aliphatic carbocycles. The molecule has 0 radical (unpaired) electrons. The quantitative estimate of drug-likeness (QED) is 0.863. The molecule has 2 aromatic rings. The maximum Gasteiger partial charge on any atom is 0.161 e. The predicted molar refractivity (Wildman–Crippen MR) is 87.0 cm³/mol. The zero-order chi connectivity index (χ0) is 15.1. The van der Waals surface area contributed by atoms with E-state index in [4.69, 9.17) is 15.2 Å². The van der Waals surface area contributed by atoms with E-state index in [2.05, 4.69) is 24.8 Å². The molecule has 0 aliphatic rings. The van der Waals surface area contributed by atoms with Crippen molar-refractivity contribution in [2.45, 2.75) is 20.0 Å². The van der Waals surface area contributed by atoms with Crippen LogP contribution in [0.5, 0.6) is 11.5 Å². The van der Waals surface area contributed by atoms with Crippen molar-refractivity contribution in [2.24, 2.45) is 5.73 Å². The van der Waals surface area contributed by atoms with Crippen molar-refractivity contribution in [3.8, 4) is 23.3 Å². The number of hydrogen-bond donors (Lipinski definition) is 1. The van der Waals surface area contributed by atoms with Crippen LogP contribution in [0.25, 0.3) is 0 Å². The molecule has 0 spiro atoms. The molecule has 0 saturated heterocycles. The van der Waals surface area contributed by atoms with Crippen molar-refractivity contribution in [3.05, 3.63) is 45.6 Å². The van der Waals surface area contributed by atoms with E-state index >= 15 is 0 Å². The Hall–Kier alpha value is -1.96. The van der Waals surface area contributed by atoms with Crippen LogP contribution < -0.4 is 15.2 Å². The molecule has 0 bridgehead atoms. The minimum absolute atomic E-state index is 0.378. The molecule has 110 valence electrons. The van der Waals surface area contributed by atoms with Gasteiger partial charge in [-0.2, -0.15) is 0 Å². The highest BCUT2D eigenvalue weighted by Crippen LogP contribution is 2.29. The Kier molecular flexibility index (Phi) is 5.68. The number of aryl methyl sites for hydroxylation is 1. The molecule has 2 N–H and O–H groups in total. The molecule has 0 saturated carbocycles. The van der Waals surface area contributed by atoms with Crippen LogP contribution in [0.2, 0.25) is 0 Å². The van der Waals surface area contributed by atoms with Gasteiger partial charge in [0.05, 0.1) is 13.7 Å². The second kappa shape index (κ2) is 7.72. The number of nitrogens with two attached hydrogens (primary N) is 1. The van der Waals surface area contributed by atoms with Crippen molar-refractivity contribution < 1.29 is 9.47 Å². The number of ether oxygens (including phenoxy) is 2. The fourth-order valence-electron chi connectivity index (χ4n) is 1.88. The molecule has 0 aliphatic heterocycles. The Morgan fingerprint density at radius 3 is 2.81 bits per heavy atom. The van der Waals surface area contributed by atoms with Gasteiger partial charge in [0, 0.05) is 15.8 Å². The minimum atomic E-state index is 0.378. The van der Waals surface area contributed by atoms with Crippen LogP contribution in [0.3, 0.4) is 0 Å². The van der Waals surface area contributed by atoms with Crippen LogP contribution in [0.4, 0.5) is 0 Å². The smallest absolute Gasteiger partial charge is 0.161 e. The third-order valence-corrected chi connectivity index (χ3v) is 3.90. The van der Waals surface area contributed by atoms with Crippen LogP contribution in [0.15, 0.2) is 29.6 Å². The zero-order valence-electron chi connectivity index (χ0n) is 12.3. The maximum absolute atomic E-state index is 5.84. The monoisotopic (exact) mass is 301 g/mol. The van der Waals surface area contributed by atoms with Gasteiger partial charge in [0.25, 0.3) is 0 Å². The first-order valence-corrected chi connectivity index (χ1v) is 7.70. The van der Waals surface area contributed by atoms with Gasteiger partial charge in [-0.1, -0.05) is 24.8 Å². The first-order chi connectivity index (χ1) is 10.3. The molecule has 1 aromatic heterocycles. The van der Waals surface area contributed by atoms with Gasteiger partial charge in [0.2, 0.25) is 0 Å². The summed E-state index contributed by atoms with van der Waals surface area (Å²) in [6, 6.07) is 8.06. The number of benzene rings is 1. The number of hydrogen-bond acceptors (Lipinski definition) is 4. The third-order valence-electron chi connectivity index (χ3n) is 2.99. The summed E-state index contributed by atoms with van der Waals surface area (Å²) in [6.45, 7) is 3.00. The molecule has 21 heavy (non-hydrogen) atoms. The molecule has 2 rings (SSSR count). The van der Waals surface area contributed by atoms with Crippen LogP contribution in [-0.4, -0.2) is 13.7 Å². The molecule has 0 unspecified atom stereocenters. The number of thiophene rings is 1. The van der Waals surface area contributed by atoms with E-state index in [1.807, 2.05) is 23.6 Å². The highest BCUT2D eigenvalue weighted by atomic mass is 32.1. The van der Waals surface area contributed by atoms with Crippen molar-refractivity contribution in [1.29, 1.82) is 0 Å². The predicted octanol–water partition coefficient (Wildman–Crippen LogP) is 3.21. The van der Waals surface area contributed by atoms with Gasteiger partial charge in [-0.25, -0.2) is 0 Å². The Morgan fingerprint density at radius 1 is 1.24 bits per heavy atom. The van der Waals surface area contributed by atoms with E-state index in [0.29, 0.717) is 13.2 Å². The number of rotatable bonds is 5. The summed E-state index contributed by atoms with van der Waals surface area (Å²) in [6.07, 6.45) is 0.977. The van der Waals surface area contributed by atoms with Gasteiger partial charge >= 0.3 is 0 Å². The summed E-state index contributed by atoms with van der Waals surface area (Å²) in [5.41, 5.74) is 7.58. The van der Waals surface area contributed by atoms with Gasteiger partial charge in [-0.3, -0.25) is 0 Å². The molecule has 1 heterocycles. The first kappa shape index (κ1) is 15.4. The second-order valence-electron chi connectivity index (χ2n) is 4.44. The Bertz CT molecular complexity index is 652. The second-order valence-corrected chi connectivity index (χ2v) is 5.43. The molecule has 1 aromatic carbocycles. The highest BCUT2D eigenvalue weighted by Gasteiger charge is 2.06. The SMILES string of the molecule is CCc1ccc(OCc2cc(C#CCN)cs2)c(OC)c1. The summed E-state index contributed by atoms with van der Waals surface area (Å²) in [4.78, 5) is 1.12. The topological polar surface area (TPSA) is 44.5 Å². The van der Waals surface area contributed by atoms with Gasteiger partial charge < -0.3 is 15.2 Å². The average molecular weight is 301 g/mol. The van der Waals surface area contributed by atoms with Crippen LogP contribution in [0, 0.1) is 11.8 Å². The van der Waals surface area contributed by atoms with Crippen molar-refractivity contribution in [3.63, 3.8) is 0 Å². The van der Waals surface area contributed by atoms with E-state index in [0.717, 1.165) is 28.4 Å². The lowest BCUT2D eigenvalue weighted by atomic mass is 10.1. The van der Waals surface area contributed by atoms with Gasteiger partial charge in [0.1, 0.15) is 6.61 Å². The van der Waals surface area contributed by atoms with Crippen molar-refractivity contribution in [2.75, 3.05) is 13.7 Å². The molecule has 4 heteroatoms. The van der Waals surface area contributed by atoms with E-state index in [9.17, 15) is 0 Å². The van der Waals surface area contributed by atoms with E-state index < -0.39 is 0 Å².